The Morgan fingerprint density at radius 3 is 1.63 bits per heavy atom. The summed E-state index contributed by atoms with van der Waals surface area (Å²) in [5.74, 6) is 0. The molecule has 0 atom stereocenters. The van der Waals surface area contributed by atoms with Crippen LogP contribution in [-0.4, -0.2) is 0 Å². The van der Waals surface area contributed by atoms with Crippen molar-refractivity contribution in [3.63, 3.8) is 0 Å². The van der Waals surface area contributed by atoms with Crippen molar-refractivity contribution in [1.29, 1.82) is 0 Å². The lowest BCUT2D eigenvalue weighted by Gasteiger charge is -2.30. The first-order valence-electron chi connectivity index (χ1n) is 18.8. The molecule has 0 radical (unpaired) electrons. The quantitative estimate of drug-likeness (QED) is 0.168. The molecule has 0 aliphatic heterocycles. The van der Waals surface area contributed by atoms with Crippen molar-refractivity contribution in [2.45, 2.75) is 19.3 Å². The van der Waals surface area contributed by atoms with Gasteiger partial charge in [-0.1, -0.05) is 166 Å². The first-order chi connectivity index (χ1) is 26.5. The van der Waals surface area contributed by atoms with Crippen LogP contribution < -0.4 is 4.90 Å². The molecule has 256 valence electrons. The number of para-hydroxylation sites is 1. The van der Waals surface area contributed by atoms with E-state index in [0.29, 0.717) is 0 Å². The van der Waals surface area contributed by atoms with Gasteiger partial charge in [0.15, 0.2) is 0 Å². The molecule has 10 rings (SSSR count). The third-order valence-electron chi connectivity index (χ3n) is 11.4. The number of benzene rings is 9. The second kappa shape index (κ2) is 12.8. The first-order valence-corrected chi connectivity index (χ1v) is 18.8. The smallest absolute Gasteiger partial charge is 0.0540 e. The van der Waals surface area contributed by atoms with Gasteiger partial charge in [0.1, 0.15) is 0 Å². The lowest BCUT2D eigenvalue weighted by atomic mass is 9.81. The lowest BCUT2D eigenvalue weighted by Crippen LogP contribution is -2.17. The maximum absolute atomic E-state index is 2.46. The number of hydrogen-bond acceptors (Lipinski definition) is 1. The van der Waals surface area contributed by atoms with Crippen LogP contribution in [0.1, 0.15) is 25.0 Å². The van der Waals surface area contributed by atoms with Crippen LogP contribution in [0.3, 0.4) is 0 Å². The molecule has 1 heteroatoms. The molecule has 0 saturated carbocycles. The SMILES string of the molecule is CC1(C)c2cc(N(c3ccc(-c4ccc5ccccc5c4)cc3)c3ccccc3-c3ccccc3-c3ccccc3)ccc2-c2cc3ccccc3cc21. The number of hydrogen-bond donors (Lipinski definition) is 0. The van der Waals surface area contributed by atoms with Crippen LogP contribution in [0, 0.1) is 0 Å². The zero-order valence-corrected chi connectivity index (χ0v) is 30.5. The summed E-state index contributed by atoms with van der Waals surface area (Å²) in [5.41, 5.74) is 15.9. The van der Waals surface area contributed by atoms with Crippen molar-refractivity contribution in [3.8, 4) is 44.5 Å². The highest BCUT2D eigenvalue weighted by molar-refractivity contribution is 5.97. The van der Waals surface area contributed by atoms with E-state index in [1.165, 1.54) is 77.2 Å². The number of rotatable bonds is 6. The summed E-state index contributed by atoms with van der Waals surface area (Å²) in [6.07, 6.45) is 0. The van der Waals surface area contributed by atoms with E-state index in [0.717, 1.165) is 17.1 Å². The molecule has 9 aromatic carbocycles. The molecule has 0 aromatic heterocycles. The van der Waals surface area contributed by atoms with E-state index in [1.807, 2.05) is 0 Å². The van der Waals surface area contributed by atoms with E-state index in [1.54, 1.807) is 0 Å². The largest absolute Gasteiger partial charge is 0.310 e. The van der Waals surface area contributed by atoms with Crippen molar-refractivity contribution < 1.29 is 0 Å². The molecule has 1 aliphatic rings. The molecule has 9 aromatic rings. The second-order valence-corrected chi connectivity index (χ2v) is 15.0. The average Bonchev–Trinajstić information content (AvgIpc) is 3.45. The minimum atomic E-state index is -0.157. The van der Waals surface area contributed by atoms with Crippen LogP contribution in [0.25, 0.3) is 66.1 Å². The molecule has 0 amide bonds. The standard InChI is InChI=1S/C53H39N/c1-53(2)50-34-41-19-9-8-18-40(41)33-49(50)47-31-30-44(35-51(47)53)54(43-28-26-37(27-29-43)42-25-24-36-14-6-7-17-39(36)32-42)52-23-13-12-22-48(52)46-21-11-10-20-45(46)38-15-4-3-5-16-38/h3-35H,1-2H3. The van der Waals surface area contributed by atoms with E-state index in [-0.39, 0.29) is 5.41 Å². The summed E-state index contributed by atoms with van der Waals surface area (Å²) in [4.78, 5) is 2.46. The van der Waals surface area contributed by atoms with Gasteiger partial charge in [-0.05, 0) is 120 Å². The van der Waals surface area contributed by atoms with Crippen LogP contribution in [0.5, 0.6) is 0 Å². The zero-order valence-electron chi connectivity index (χ0n) is 30.5. The summed E-state index contributed by atoms with van der Waals surface area (Å²) < 4.78 is 0. The Balaban J connectivity index is 1.15. The van der Waals surface area contributed by atoms with Gasteiger partial charge in [0.05, 0.1) is 5.69 Å². The molecule has 54 heavy (non-hydrogen) atoms. The van der Waals surface area contributed by atoms with Crippen LogP contribution in [0.15, 0.2) is 200 Å². The Hall–Kier alpha value is -6.70. The summed E-state index contributed by atoms with van der Waals surface area (Å²) in [5, 5.41) is 5.08. The van der Waals surface area contributed by atoms with Gasteiger partial charge >= 0.3 is 0 Å². The summed E-state index contributed by atoms with van der Waals surface area (Å²) >= 11 is 0. The van der Waals surface area contributed by atoms with Gasteiger partial charge in [-0.25, -0.2) is 0 Å². The fourth-order valence-corrected chi connectivity index (χ4v) is 8.63. The average molecular weight is 690 g/mol. The Kier molecular flexibility index (Phi) is 7.56. The van der Waals surface area contributed by atoms with Gasteiger partial charge in [-0.15, -0.1) is 0 Å². The minimum absolute atomic E-state index is 0.157. The van der Waals surface area contributed by atoms with Crippen LogP contribution in [0.4, 0.5) is 17.1 Å². The molecule has 0 fully saturated rings. The van der Waals surface area contributed by atoms with Gasteiger partial charge in [0, 0.05) is 22.4 Å². The Bertz CT molecular complexity index is 2850. The Morgan fingerprint density at radius 1 is 0.315 bits per heavy atom. The van der Waals surface area contributed by atoms with Crippen LogP contribution >= 0.6 is 0 Å². The van der Waals surface area contributed by atoms with E-state index < -0.39 is 0 Å². The third kappa shape index (κ3) is 5.32. The minimum Gasteiger partial charge on any atom is -0.310 e. The van der Waals surface area contributed by atoms with E-state index >= 15 is 0 Å². The molecular formula is C53H39N. The molecule has 0 spiro atoms. The Morgan fingerprint density at radius 2 is 0.870 bits per heavy atom. The summed E-state index contributed by atoms with van der Waals surface area (Å²) in [6, 6.07) is 73.4. The highest BCUT2D eigenvalue weighted by atomic mass is 15.1. The van der Waals surface area contributed by atoms with Gasteiger partial charge in [-0.2, -0.15) is 0 Å². The predicted molar refractivity (Wildman–Crippen MR) is 230 cm³/mol. The third-order valence-corrected chi connectivity index (χ3v) is 11.4. The monoisotopic (exact) mass is 689 g/mol. The predicted octanol–water partition coefficient (Wildman–Crippen LogP) is 14.8. The van der Waals surface area contributed by atoms with Gasteiger partial charge < -0.3 is 4.90 Å². The maximum atomic E-state index is 2.46. The maximum Gasteiger partial charge on any atom is 0.0540 e. The molecule has 1 nitrogen and oxygen atoms in total. The van der Waals surface area contributed by atoms with Crippen molar-refractivity contribution in [2.24, 2.45) is 0 Å². The van der Waals surface area contributed by atoms with E-state index in [2.05, 4.69) is 219 Å². The number of nitrogens with zero attached hydrogens (tertiary/aromatic N) is 1. The molecule has 0 saturated heterocycles. The summed E-state index contributed by atoms with van der Waals surface area (Å²) in [7, 11) is 0. The van der Waals surface area contributed by atoms with Crippen molar-refractivity contribution in [3.05, 3.63) is 211 Å². The molecule has 0 heterocycles. The Labute approximate surface area is 317 Å². The van der Waals surface area contributed by atoms with Gasteiger partial charge in [0.2, 0.25) is 0 Å². The fraction of sp³-hybridized carbons (Fsp3) is 0.0566. The second-order valence-electron chi connectivity index (χ2n) is 15.0. The van der Waals surface area contributed by atoms with Gasteiger partial charge in [-0.3, -0.25) is 0 Å². The van der Waals surface area contributed by atoms with Gasteiger partial charge in [0.25, 0.3) is 0 Å². The van der Waals surface area contributed by atoms with Crippen molar-refractivity contribution >= 4 is 38.6 Å². The lowest BCUT2D eigenvalue weighted by molar-refractivity contribution is 0.661. The molecule has 0 bridgehead atoms. The molecule has 1 aliphatic carbocycles. The van der Waals surface area contributed by atoms with Crippen LogP contribution in [0.2, 0.25) is 0 Å². The molecule has 0 N–H and O–H groups in total. The van der Waals surface area contributed by atoms with Crippen LogP contribution in [-0.2, 0) is 5.41 Å². The zero-order chi connectivity index (χ0) is 36.2. The normalized spacial score (nSPS) is 12.8. The van der Waals surface area contributed by atoms with E-state index in [9.17, 15) is 0 Å². The van der Waals surface area contributed by atoms with Crippen molar-refractivity contribution in [2.75, 3.05) is 4.90 Å². The highest BCUT2D eigenvalue weighted by Gasteiger charge is 2.36. The topological polar surface area (TPSA) is 3.24 Å². The summed E-state index contributed by atoms with van der Waals surface area (Å²) in [6.45, 7) is 4.76. The molecular weight excluding hydrogens is 651 g/mol. The number of fused-ring (bicyclic) bond motifs is 5. The fourth-order valence-electron chi connectivity index (χ4n) is 8.63. The number of anilines is 3. The first kappa shape index (κ1) is 32.0. The molecule has 0 unspecified atom stereocenters. The highest BCUT2D eigenvalue weighted by Crippen LogP contribution is 2.52. The van der Waals surface area contributed by atoms with E-state index in [4.69, 9.17) is 0 Å². The van der Waals surface area contributed by atoms with Crippen molar-refractivity contribution in [1.82, 2.24) is 0 Å².